The molecule has 166 valence electrons. The second kappa shape index (κ2) is 9.58. The zero-order valence-electron chi connectivity index (χ0n) is 16.9. The highest BCUT2D eigenvalue weighted by atomic mass is 35.5. The lowest BCUT2D eigenvalue weighted by Crippen LogP contribution is -2.37. The fraction of sp³-hybridized carbons (Fsp3) is 0.0435. The molecule has 0 aliphatic carbocycles. The van der Waals surface area contributed by atoms with E-state index < -0.39 is 17.7 Å². The van der Waals surface area contributed by atoms with Crippen molar-refractivity contribution in [3.05, 3.63) is 87.9 Å². The summed E-state index contributed by atoms with van der Waals surface area (Å²) in [6.07, 6.45) is 0. The summed E-state index contributed by atoms with van der Waals surface area (Å²) >= 11 is 17.4. The van der Waals surface area contributed by atoms with Crippen LogP contribution in [0.4, 0.5) is 21.9 Å². The van der Waals surface area contributed by atoms with Crippen LogP contribution in [-0.4, -0.2) is 22.8 Å². The van der Waals surface area contributed by atoms with E-state index in [1.807, 2.05) is 0 Å². The summed E-state index contributed by atoms with van der Waals surface area (Å²) in [5.41, 5.74) is 2.24. The Hall–Kier alpha value is -3.46. The number of ketones is 1. The quantitative estimate of drug-likeness (QED) is 0.338. The average molecular weight is 499 g/mol. The van der Waals surface area contributed by atoms with Crippen molar-refractivity contribution >= 4 is 75.3 Å². The maximum absolute atomic E-state index is 12.6. The normalized spacial score (nSPS) is 12.4. The highest BCUT2D eigenvalue weighted by Gasteiger charge is 2.36. The lowest BCUT2D eigenvalue weighted by molar-refractivity contribution is -0.114. The Bertz CT molecular complexity index is 1300. The maximum Gasteiger partial charge on any atom is 0.325 e. The van der Waals surface area contributed by atoms with Crippen molar-refractivity contribution in [1.82, 2.24) is 5.32 Å². The molecule has 3 aromatic carbocycles. The molecule has 3 N–H and O–H groups in total. The average Bonchev–Trinajstić information content (AvgIpc) is 3.01. The minimum atomic E-state index is -0.656. The van der Waals surface area contributed by atoms with Crippen LogP contribution in [0.1, 0.15) is 15.9 Å². The highest BCUT2D eigenvalue weighted by Crippen LogP contribution is 2.33. The lowest BCUT2D eigenvalue weighted by Gasteiger charge is -2.17. The van der Waals surface area contributed by atoms with Crippen LogP contribution in [0.3, 0.4) is 0 Å². The topological polar surface area (TPSA) is 90.5 Å². The van der Waals surface area contributed by atoms with Crippen LogP contribution in [0.15, 0.2) is 66.7 Å². The molecule has 0 radical (unpaired) electrons. The molecule has 7 nitrogen and oxygen atoms in total. The number of hydrogen-bond acceptors (Lipinski definition) is 4. The second-order valence-corrected chi connectivity index (χ2v) is 8.28. The molecule has 3 aromatic rings. The summed E-state index contributed by atoms with van der Waals surface area (Å²) < 4.78 is 0. The third-order valence-electron chi connectivity index (χ3n) is 4.86. The van der Waals surface area contributed by atoms with E-state index in [4.69, 9.17) is 35.4 Å². The summed E-state index contributed by atoms with van der Waals surface area (Å²) in [4.78, 5) is 38.8. The van der Waals surface area contributed by atoms with Crippen molar-refractivity contribution in [2.24, 2.45) is 0 Å². The van der Waals surface area contributed by atoms with E-state index >= 15 is 0 Å². The van der Waals surface area contributed by atoms with Crippen molar-refractivity contribution in [3.8, 4) is 0 Å². The van der Waals surface area contributed by atoms with Gasteiger partial charge < -0.3 is 15.5 Å². The number of fused-ring (bicyclic) bond motifs is 1. The zero-order valence-corrected chi connectivity index (χ0v) is 19.2. The van der Waals surface area contributed by atoms with E-state index in [1.54, 1.807) is 60.7 Å². The van der Waals surface area contributed by atoms with Gasteiger partial charge in [-0.15, -0.1) is 0 Å². The van der Waals surface area contributed by atoms with Gasteiger partial charge in [-0.05, 0) is 54.2 Å². The van der Waals surface area contributed by atoms with E-state index in [9.17, 15) is 14.4 Å². The number of thiocarbonyl (C=S) groups is 1. The molecule has 0 unspecified atom stereocenters. The monoisotopic (exact) mass is 498 g/mol. The zero-order chi connectivity index (χ0) is 23.5. The summed E-state index contributed by atoms with van der Waals surface area (Å²) in [7, 11) is 0. The number of carbonyl (C=O) groups is 3. The van der Waals surface area contributed by atoms with Crippen molar-refractivity contribution in [2.45, 2.75) is 6.54 Å². The number of halogens is 2. The number of nitrogens with one attached hydrogen (secondary N) is 3. The van der Waals surface area contributed by atoms with Gasteiger partial charge in [-0.25, -0.2) is 4.79 Å². The summed E-state index contributed by atoms with van der Waals surface area (Å²) in [6, 6.07) is 18.1. The molecular formula is C23H16Cl2N4O3S. The number of para-hydroxylation sites is 1. The van der Waals surface area contributed by atoms with Crippen LogP contribution in [-0.2, 0) is 11.3 Å². The predicted molar refractivity (Wildman–Crippen MR) is 133 cm³/mol. The molecule has 0 saturated heterocycles. The van der Waals surface area contributed by atoms with E-state index in [0.717, 1.165) is 0 Å². The largest absolute Gasteiger partial charge is 0.331 e. The first-order valence-corrected chi connectivity index (χ1v) is 10.9. The Labute approximate surface area is 204 Å². The van der Waals surface area contributed by atoms with Crippen molar-refractivity contribution in [2.75, 3.05) is 15.5 Å². The van der Waals surface area contributed by atoms with Gasteiger partial charge in [0.05, 0.1) is 28.5 Å². The Morgan fingerprint density at radius 2 is 1.61 bits per heavy atom. The standard InChI is InChI=1S/C23H16Cl2N4O3S/c24-16-6-2-1-5-13(16)12-29-19-10-9-14(11-15(19)20(30)21(29)31)26-22(32)28-23(33)27-18-8-4-3-7-17(18)25/h1-11H,12H2,(H3,26,27,28,32,33). The molecule has 1 aliphatic heterocycles. The SMILES string of the molecule is O=C(NC(=S)Nc1ccccc1Cl)Nc1ccc2c(c1)C(=O)C(=O)N2Cc1ccccc1Cl. The number of urea groups is 1. The number of hydrogen-bond donors (Lipinski definition) is 3. The molecule has 0 saturated carbocycles. The van der Waals surface area contributed by atoms with Crippen LogP contribution < -0.4 is 20.9 Å². The number of benzene rings is 3. The van der Waals surface area contributed by atoms with Crippen molar-refractivity contribution in [3.63, 3.8) is 0 Å². The van der Waals surface area contributed by atoms with Gasteiger partial charge in [-0.3, -0.25) is 14.9 Å². The van der Waals surface area contributed by atoms with Gasteiger partial charge in [0, 0.05) is 10.7 Å². The second-order valence-electron chi connectivity index (χ2n) is 7.06. The fourth-order valence-electron chi connectivity index (χ4n) is 3.31. The number of rotatable bonds is 4. The van der Waals surface area contributed by atoms with Crippen molar-refractivity contribution < 1.29 is 14.4 Å². The number of Topliss-reactive ketones (excluding diaryl/α,β-unsaturated/α-hetero) is 1. The Kier molecular flexibility index (Phi) is 6.60. The van der Waals surface area contributed by atoms with Crippen LogP contribution in [0.5, 0.6) is 0 Å². The summed E-state index contributed by atoms with van der Waals surface area (Å²) in [6.45, 7) is 0.159. The van der Waals surface area contributed by atoms with E-state index in [1.165, 1.54) is 11.0 Å². The Balaban J connectivity index is 1.44. The molecule has 3 amide bonds. The third kappa shape index (κ3) is 4.98. The number of nitrogens with zero attached hydrogens (tertiary/aromatic N) is 1. The molecule has 1 heterocycles. The van der Waals surface area contributed by atoms with Crippen LogP contribution in [0, 0.1) is 0 Å². The van der Waals surface area contributed by atoms with E-state index in [2.05, 4.69) is 16.0 Å². The van der Waals surface area contributed by atoms with Gasteiger partial charge in [-0.2, -0.15) is 0 Å². The molecule has 0 spiro atoms. The first kappa shape index (κ1) is 22.7. The van der Waals surface area contributed by atoms with Crippen LogP contribution in [0.2, 0.25) is 10.0 Å². The van der Waals surface area contributed by atoms with Crippen LogP contribution in [0.25, 0.3) is 0 Å². The Morgan fingerprint density at radius 1 is 0.909 bits per heavy atom. The minimum Gasteiger partial charge on any atom is -0.331 e. The third-order valence-corrected chi connectivity index (χ3v) is 5.77. The predicted octanol–water partition coefficient (Wildman–Crippen LogP) is 5.24. The van der Waals surface area contributed by atoms with Gasteiger partial charge in [0.25, 0.3) is 11.7 Å². The smallest absolute Gasteiger partial charge is 0.325 e. The van der Waals surface area contributed by atoms with Gasteiger partial charge in [0.1, 0.15) is 0 Å². The molecule has 4 rings (SSSR count). The maximum atomic E-state index is 12.6. The lowest BCUT2D eigenvalue weighted by atomic mass is 10.1. The molecule has 0 aromatic heterocycles. The fourth-order valence-corrected chi connectivity index (χ4v) is 3.89. The van der Waals surface area contributed by atoms with Gasteiger partial charge in [0.2, 0.25) is 0 Å². The molecule has 0 bridgehead atoms. The van der Waals surface area contributed by atoms with Gasteiger partial charge in [-0.1, -0.05) is 53.5 Å². The van der Waals surface area contributed by atoms with Crippen LogP contribution >= 0.6 is 35.4 Å². The van der Waals surface area contributed by atoms with Crippen molar-refractivity contribution in [1.29, 1.82) is 0 Å². The molecule has 1 aliphatic rings. The number of amides is 3. The number of anilines is 3. The summed E-state index contributed by atoms with van der Waals surface area (Å²) in [5, 5.41) is 8.89. The Morgan fingerprint density at radius 3 is 2.33 bits per heavy atom. The highest BCUT2D eigenvalue weighted by molar-refractivity contribution is 7.80. The van der Waals surface area contributed by atoms with E-state index in [0.29, 0.717) is 32.7 Å². The van der Waals surface area contributed by atoms with E-state index in [-0.39, 0.29) is 17.2 Å². The number of carbonyl (C=O) groups excluding carboxylic acids is 3. The first-order chi connectivity index (χ1) is 15.8. The molecule has 0 atom stereocenters. The van der Waals surface area contributed by atoms with Gasteiger partial charge in [0.15, 0.2) is 5.11 Å². The summed E-state index contributed by atoms with van der Waals surface area (Å²) in [5.74, 6) is -1.31. The molecule has 33 heavy (non-hydrogen) atoms. The first-order valence-electron chi connectivity index (χ1n) is 9.70. The van der Waals surface area contributed by atoms with Gasteiger partial charge >= 0.3 is 6.03 Å². The molecule has 0 fully saturated rings. The molecule has 10 heteroatoms. The molecular weight excluding hydrogens is 483 g/mol. The minimum absolute atomic E-state index is 0.0407.